The van der Waals surface area contributed by atoms with Crippen molar-refractivity contribution in [1.29, 1.82) is 0 Å². The van der Waals surface area contributed by atoms with Crippen LogP contribution in [0.2, 0.25) is 0 Å². The fraction of sp³-hybridized carbons (Fsp3) is 0.158. The highest BCUT2D eigenvalue weighted by molar-refractivity contribution is 5.97. The van der Waals surface area contributed by atoms with Gasteiger partial charge in [-0.2, -0.15) is 4.52 Å². The van der Waals surface area contributed by atoms with E-state index < -0.39 is 11.9 Å². The number of hydrogen-bond acceptors (Lipinski definition) is 9. The number of anilines is 2. The number of esters is 2. The average Bonchev–Trinajstić information content (AvgIpc) is 3.23. The lowest BCUT2D eigenvalue weighted by Gasteiger charge is -2.11. The van der Waals surface area contributed by atoms with E-state index in [1.165, 1.54) is 20.3 Å². The molecule has 0 aliphatic heterocycles. The van der Waals surface area contributed by atoms with Crippen molar-refractivity contribution < 1.29 is 19.1 Å². The van der Waals surface area contributed by atoms with Crippen molar-refractivity contribution in [2.75, 3.05) is 19.5 Å². The molecule has 29 heavy (non-hydrogen) atoms. The molecule has 0 aliphatic rings. The first-order chi connectivity index (χ1) is 14.0. The van der Waals surface area contributed by atoms with Gasteiger partial charge in [0.2, 0.25) is 5.65 Å². The Labute approximate surface area is 164 Å². The summed E-state index contributed by atoms with van der Waals surface area (Å²) in [6, 6.07) is 10.2. The molecule has 0 aliphatic carbocycles. The first kappa shape index (κ1) is 18.3. The van der Waals surface area contributed by atoms with Crippen molar-refractivity contribution in [1.82, 2.24) is 25.0 Å². The van der Waals surface area contributed by atoms with E-state index in [2.05, 4.69) is 25.8 Å². The molecule has 4 aromatic rings. The Kier molecular flexibility index (Phi) is 4.51. The number of methoxy groups -OCH3 is 2. The summed E-state index contributed by atoms with van der Waals surface area (Å²) in [7, 11) is 2.52. The van der Waals surface area contributed by atoms with Gasteiger partial charge in [0.25, 0.3) is 0 Å². The molecule has 0 radical (unpaired) electrons. The van der Waals surface area contributed by atoms with Crippen molar-refractivity contribution in [3.05, 3.63) is 53.1 Å². The number of ether oxygens (including phenoxy) is 2. The maximum absolute atomic E-state index is 12.0. The Hall–Kier alpha value is -4.08. The zero-order valence-corrected chi connectivity index (χ0v) is 15.8. The van der Waals surface area contributed by atoms with Crippen LogP contribution >= 0.6 is 0 Å². The van der Waals surface area contributed by atoms with E-state index in [9.17, 15) is 9.59 Å². The number of nitrogens with one attached hydrogen (secondary N) is 1. The smallest absolute Gasteiger partial charge is 0.337 e. The summed E-state index contributed by atoms with van der Waals surface area (Å²) in [5, 5.41) is 14.9. The van der Waals surface area contributed by atoms with Crippen molar-refractivity contribution in [3.8, 4) is 0 Å². The quantitative estimate of drug-likeness (QED) is 0.521. The Morgan fingerprint density at radius 3 is 2.34 bits per heavy atom. The molecule has 146 valence electrons. The lowest BCUT2D eigenvalue weighted by Crippen LogP contribution is -2.08. The molecule has 0 amide bonds. The Morgan fingerprint density at radius 1 is 1.00 bits per heavy atom. The number of fused-ring (bicyclic) bond motifs is 3. The normalized spacial score (nSPS) is 10.9. The topological polar surface area (TPSA) is 121 Å². The summed E-state index contributed by atoms with van der Waals surface area (Å²) < 4.78 is 11.1. The molecule has 0 spiro atoms. The summed E-state index contributed by atoms with van der Waals surface area (Å²) in [6.07, 6.45) is 0. The van der Waals surface area contributed by atoms with Gasteiger partial charge >= 0.3 is 11.9 Å². The maximum Gasteiger partial charge on any atom is 0.337 e. The number of aromatic nitrogens is 5. The number of rotatable bonds is 4. The van der Waals surface area contributed by atoms with E-state index >= 15 is 0 Å². The van der Waals surface area contributed by atoms with Crippen LogP contribution in [0.15, 0.2) is 36.4 Å². The third-order valence-electron chi connectivity index (χ3n) is 4.31. The SMILES string of the molecule is COC(=O)c1cc(Nc2nc3ccc(C)cc3n3nnnc23)cc(C(=O)OC)c1. The van der Waals surface area contributed by atoms with Crippen LogP contribution in [0.3, 0.4) is 0 Å². The number of carbonyl (C=O) groups excluding carboxylic acids is 2. The number of tetrazole rings is 1. The molecule has 0 atom stereocenters. The molecule has 0 bridgehead atoms. The van der Waals surface area contributed by atoms with Crippen LogP contribution in [0.25, 0.3) is 16.7 Å². The van der Waals surface area contributed by atoms with E-state index in [4.69, 9.17) is 9.47 Å². The van der Waals surface area contributed by atoms with E-state index in [0.29, 0.717) is 22.7 Å². The first-order valence-corrected chi connectivity index (χ1v) is 8.57. The van der Waals surface area contributed by atoms with Crippen LogP contribution < -0.4 is 5.32 Å². The fourth-order valence-electron chi connectivity index (χ4n) is 2.96. The van der Waals surface area contributed by atoms with Gasteiger partial charge in [0.1, 0.15) is 0 Å². The summed E-state index contributed by atoms with van der Waals surface area (Å²) in [5.74, 6) is -0.811. The Balaban J connectivity index is 1.85. The summed E-state index contributed by atoms with van der Waals surface area (Å²) in [5.41, 5.74) is 3.67. The predicted octanol–water partition coefficient (Wildman–Crippen LogP) is 2.30. The largest absolute Gasteiger partial charge is 0.465 e. The van der Waals surface area contributed by atoms with Crippen LogP contribution in [0, 0.1) is 6.92 Å². The van der Waals surface area contributed by atoms with Gasteiger partial charge < -0.3 is 14.8 Å². The summed E-state index contributed by atoms with van der Waals surface area (Å²) >= 11 is 0. The molecule has 2 aromatic heterocycles. The monoisotopic (exact) mass is 392 g/mol. The maximum atomic E-state index is 12.0. The minimum Gasteiger partial charge on any atom is -0.465 e. The van der Waals surface area contributed by atoms with Gasteiger partial charge in [0.05, 0.1) is 36.4 Å². The standard InChI is InChI=1S/C19H16N6O4/c1-10-4-5-14-15(6-10)25-17(22-23-24-25)16(21-14)20-13-8-11(18(26)28-2)7-12(9-13)19(27)29-3/h4-9H,1-3H3,(H,20,21). The highest BCUT2D eigenvalue weighted by atomic mass is 16.5. The van der Waals surface area contributed by atoms with Crippen LogP contribution in [0.5, 0.6) is 0 Å². The lowest BCUT2D eigenvalue weighted by molar-refractivity contribution is 0.0599. The molecular weight excluding hydrogens is 376 g/mol. The van der Waals surface area contributed by atoms with E-state index in [0.717, 1.165) is 11.1 Å². The highest BCUT2D eigenvalue weighted by Crippen LogP contribution is 2.25. The van der Waals surface area contributed by atoms with Crippen LogP contribution in [-0.2, 0) is 9.47 Å². The van der Waals surface area contributed by atoms with E-state index in [1.807, 2.05) is 25.1 Å². The summed E-state index contributed by atoms with van der Waals surface area (Å²) in [6.45, 7) is 1.97. The second kappa shape index (κ2) is 7.15. The van der Waals surface area contributed by atoms with E-state index in [1.54, 1.807) is 16.6 Å². The van der Waals surface area contributed by atoms with Gasteiger partial charge in [-0.05, 0) is 53.2 Å². The van der Waals surface area contributed by atoms with Crippen molar-refractivity contribution >= 4 is 40.1 Å². The van der Waals surface area contributed by atoms with Crippen LogP contribution in [-0.4, -0.2) is 51.2 Å². The zero-order chi connectivity index (χ0) is 20.5. The molecule has 0 unspecified atom stereocenters. The zero-order valence-electron chi connectivity index (χ0n) is 15.8. The molecule has 10 nitrogen and oxygen atoms in total. The van der Waals surface area contributed by atoms with Crippen molar-refractivity contribution in [2.45, 2.75) is 6.92 Å². The van der Waals surface area contributed by atoms with Crippen molar-refractivity contribution in [3.63, 3.8) is 0 Å². The van der Waals surface area contributed by atoms with Crippen LogP contribution in [0.1, 0.15) is 26.3 Å². The lowest BCUT2D eigenvalue weighted by atomic mass is 10.1. The minimum absolute atomic E-state index is 0.185. The second-order valence-electron chi connectivity index (χ2n) is 6.27. The highest BCUT2D eigenvalue weighted by Gasteiger charge is 2.16. The van der Waals surface area contributed by atoms with Gasteiger partial charge in [0, 0.05) is 5.69 Å². The number of carbonyl (C=O) groups is 2. The number of hydrogen-bond donors (Lipinski definition) is 1. The molecule has 2 heterocycles. The van der Waals surface area contributed by atoms with Crippen LogP contribution in [0.4, 0.5) is 11.5 Å². The van der Waals surface area contributed by atoms with E-state index in [-0.39, 0.29) is 11.1 Å². The first-order valence-electron chi connectivity index (χ1n) is 8.57. The third-order valence-corrected chi connectivity index (χ3v) is 4.31. The molecule has 10 heteroatoms. The minimum atomic E-state index is -0.588. The van der Waals surface area contributed by atoms with Gasteiger partial charge in [-0.15, -0.1) is 5.10 Å². The Bertz CT molecular complexity index is 1230. The number of aryl methyl sites for hydroxylation is 1. The molecule has 0 fully saturated rings. The molecule has 1 N–H and O–H groups in total. The third kappa shape index (κ3) is 3.31. The van der Waals surface area contributed by atoms with Gasteiger partial charge in [-0.1, -0.05) is 6.07 Å². The average molecular weight is 392 g/mol. The molecule has 4 rings (SSSR count). The molecule has 0 saturated heterocycles. The predicted molar refractivity (Wildman–Crippen MR) is 103 cm³/mol. The second-order valence-corrected chi connectivity index (χ2v) is 6.27. The summed E-state index contributed by atoms with van der Waals surface area (Å²) in [4.78, 5) is 28.6. The van der Waals surface area contributed by atoms with Gasteiger partial charge in [-0.3, -0.25) is 0 Å². The molecular formula is C19H16N6O4. The number of benzene rings is 2. The molecule has 0 saturated carbocycles. The number of nitrogens with zero attached hydrogens (tertiary/aromatic N) is 5. The fourth-order valence-corrected chi connectivity index (χ4v) is 2.96. The van der Waals surface area contributed by atoms with Gasteiger partial charge in [-0.25, -0.2) is 14.6 Å². The molecule has 2 aromatic carbocycles. The van der Waals surface area contributed by atoms with Gasteiger partial charge in [0.15, 0.2) is 5.82 Å². The van der Waals surface area contributed by atoms with Crippen molar-refractivity contribution in [2.24, 2.45) is 0 Å². The Morgan fingerprint density at radius 2 is 1.69 bits per heavy atom.